The third-order valence-corrected chi connectivity index (χ3v) is 2.57. The second kappa shape index (κ2) is 2.68. The van der Waals surface area contributed by atoms with E-state index >= 15 is 0 Å². The van der Waals surface area contributed by atoms with Crippen LogP contribution >= 0.6 is 0 Å². The maximum atomic E-state index is 10.7. The summed E-state index contributed by atoms with van der Waals surface area (Å²) in [6.45, 7) is 0. The standard InChI is InChI=1S/C9H12O2/c10-9-5-8(6-11-9)7-3-1-2-4-7/h6-7H,1-5H2. The Morgan fingerprint density at radius 1 is 1.36 bits per heavy atom. The van der Waals surface area contributed by atoms with Crippen LogP contribution in [0.3, 0.4) is 0 Å². The van der Waals surface area contributed by atoms with Crippen molar-refractivity contribution in [3.05, 3.63) is 11.8 Å². The van der Waals surface area contributed by atoms with Crippen molar-refractivity contribution in [3.63, 3.8) is 0 Å². The fourth-order valence-corrected chi connectivity index (χ4v) is 1.93. The number of esters is 1. The van der Waals surface area contributed by atoms with Gasteiger partial charge in [-0.3, -0.25) is 4.79 Å². The van der Waals surface area contributed by atoms with E-state index in [1.54, 1.807) is 6.26 Å². The lowest BCUT2D eigenvalue weighted by atomic mass is 9.97. The van der Waals surface area contributed by atoms with E-state index in [2.05, 4.69) is 0 Å². The van der Waals surface area contributed by atoms with E-state index in [4.69, 9.17) is 4.74 Å². The van der Waals surface area contributed by atoms with Gasteiger partial charge in [-0.25, -0.2) is 0 Å². The normalized spacial score (nSPS) is 25.5. The Labute approximate surface area is 66.2 Å². The molecule has 1 heterocycles. The second-order valence-corrected chi connectivity index (χ2v) is 3.34. The molecule has 0 atom stereocenters. The van der Waals surface area contributed by atoms with E-state index in [1.165, 1.54) is 31.3 Å². The van der Waals surface area contributed by atoms with E-state index in [0.29, 0.717) is 12.3 Å². The topological polar surface area (TPSA) is 26.3 Å². The smallest absolute Gasteiger partial charge is 0.314 e. The molecule has 1 aliphatic carbocycles. The summed E-state index contributed by atoms with van der Waals surface area (Å²) in [5.41, 5.74) is 1.23. The number of carbonyl (C=O) groups is 1. The summed E-state index contributed by atoms with van der Waals surface area (Å²) in [6, 6.07) is 0. The first-order valence-electron chi connectivity index (χ1n) is 4.24. The minimum absolute atomic E-state index is 0.0769. The van der Waals surface area contributed by atoms with Crippen LogP contribution in [0.2, 0.25) is 0 Å². The summed E-state index contributed by atoms with van der Waals surface area (Å²) in [5.74, 6) is 0.577. The van der Waals surface area contributed by atoms with Crippen molar-refractivity contribution in [1.82, 2.24) is 0 Å². The molecule has 1 saturated carbocycles. The molecule has 0 unspecified atom stereocenters. The Bertz CT molecular complexity index is 200. The summed E-state index contributed by atoms with van der Waals surface area (Å²) < 4.78 is 4.78. The first-order chi connectivity index (χ1) is 5.36. The van der Waals surface area contributed by atoms with Crippen molar-refractivity contribution in [2.75, 3.05) is 0 Å². The van der Waals surface area contributed by atoms with Gasteiger partial charge >= 0.3 is 5.97 Å². The summed E-state index contributed by atoms with van der Waals surface area (Å²) in [5, 5.41) is 0. The molecular weight excluding hydrogens is 140 g/mol. The van der Waals surface area contributed by atoms with Gasteiger partial charge in [-0.1, -0.05) is 12.8 Å². The Hall–Kier alpha value is -0.790. The molecule has 0 aromatic carbocycles. The first-order valence-corrected chi connectivity index (χ1v) is 4.24. The van der Waals surface area contributed by atoms with Crippen LogP contribution in [0.1, 0.15) is 32.1 Å². The van der Waals surface area contributed by atoms with Crippen LogP contribution in [0.25, 0.3) is 0 Å². The van der Waals surface area contributed by atoms with Crippen molar-refractivity contribution >= 4 is 5.97 Å². The third-order valence-electron chi connectivity index (χ3n) is 2.57. The number of hydrogen-bond donors (Lipinski definition) is 0. The lowest BCUT2D eigenvalue weighted by Gasteiger charge is -2.05. The zero-order valence-corrected chi connectivity index (χ0v) is 6.51. The number of hydrogen-bond acceptors (Lipinski definition) is 2. The van der Waals surface area contributed by atoms with Crippen LogP contribution in [0.15, 0.2) is 11.8 Å². The Morgan fingerprint density at radius 2 is 2.09 bits per heavy atom. The van der Waals surface area contributed by atoms with Gasteiger partial charge < -0.3 is 4.74 Å². The summed E-state index contributed by atoms with van der Waals surface area (Å²) >= 11 is 0. The van der Waals surface area contributed by atoms with Gasteiger partial charge in [0, 0.05) is 0 Å². The Balaban J connectivity index is 1.99. The highest BCUT2D eigenvalue weighted by atomic mass is 16.5. The monoisotopic (exact) mass is 152 g/mol. The predicted molar refractivity (Wildman–Crippen MR) is 40.8 cm³/mol. The molecule has 0 bridgehead atoms. The summed E-state index contributed by atoms with van der Waals surface area (Å²) in [7, 11) is 0. The molecular formula is C9H12O2. The van der Waals surface area contributed by atoms with Crippen molar-refractivity contribution in [3.8, 4) is 0 Å². The van der Waals surface area contributed by atoms with Crippen molar-refractivity contribution < 1.29 is 9.53 Å². The molecule has 2 nitrogen and oxygen atoms in total. The molecule has 0 amide bonds. The fourth-order valence-electron chi connectivity index (χ4n) is 1.93. The largest absolute Gasteiger partial charge is 0.434 e. The SMILES string of the molecule is O=C1CC(C2CCCC2)=CO1. The van der Waals surface area contributed by atoms with Gasteiger partial charge in [-0.05, 0) is 24.3 Å². The highest BCUT2D eigenvalue weighted by Crippen LogP contribution is 2.34. The van der Waals surface area contributed by atoms with E-state index in [1.807, 2.05) is 0 Å². The van der Waals surface area contributed by atoms with Gasteiger partial charge in [0.05, 0.1) is 12.7 Å². The second-order valence-electron chi connectivity index (χ2n) is 3.34. The van der Waals surface area contributed by atoms with Crippen LogP contribution in [0, 0.1) is 5.92 Å². The molecule has 2 aliphatic rings. The Kier molecular flexibility index (Phi) is 1.68. The fraction of sp³-hybridized carbons (Fsp3) is 0.667. The molecule has 0 aromatic rings. The zero-order valence-electron chi connectivity index (χ0n) is 6.51. The number of cyclic esters (lactones) is 1. The molecule has 2 rings (SSSR count). The maximum absolute atomic E-state index is 10.7. The molecule has 0 N–H and O–H groups in total. The number of carbonyl (C=O) groups excluding carboxylic acids is 1. The van der Waals surface area contributed by atoms with Gasteiger partial charge in [0.25, 0.3) is 0 Å². The molecule has 0 saturated heterocycles. The molecule has 1 fully saturated rings. The van der Waals surface area contributed by atoms with Crippen LogP contribution in [0.4, 0.5) is 0 Å². The molecule has 11 heavy (non-hydrogen) atoms. The molecule has 2 heteroatoms. The van der Waals surface area contributed by atoms with E-state index in [-0.39, 0.29) is 5.97 Å². The van der Waals surface area contributed by atoms with E-state index in [0.717, 1.165) is 0 Å². The van der Waals surface area contributed by atoms with Crippen molar-refractivity contribution in [1.29, 1.82) is 0 Å². The molecule has 0 aromatic heterocycles. The van der Waals surface area contributed by atoms with Crippen LogP contribution in [0.5, 0.6) is 0 Å². The highest BCUT2D eigenvalue weighted by Gasteiger charge is 2.25. The predicted octanol–water partition coefficient (Wildman–Crippen LogP) is 2.01. The van der Waals surface area contributed by atoms with Crippen LogP contribution in [-0.2, 0) is 9.53 Å². The highest BCUT2D eigenvalue weighted by molar-refractivity contribution is 5.75. The van der Waals surface area contributed by atoms with Gasteiger partial charge in [0.1, 0.15) is 0 Å². The molecule has 0 spiro atoms. The molecule has 0 radical (unpaired) electrons. The Morgan fingerprint density at radius 3 is 2.64 bits per heavy atom. The van der Waals surface area contributed by atoms with E-state index in [9.17, 15) is 4.79 Å². The van der Waals surface area contributed by atoms with Gasteiger partial charge in [-0.15, -0.1) is 0 Å². The zero-order chi connectivity index (χ0) is 7.68. The third kappa shape index (κ3) is 1.30. The number of ether oxygens (including phenoxy) is 1. The number of rotatable bonds is 1. The van der Waals surface area contributed by atoms with E-state index < -0.39 is 0 Å². The van der Waals surface area contributed by atoms with Crippen LogP contribution in [-0.4, -0.2) is 5.97 Å². The first kappa shape index (κ1) is 6.89. The average Bonchev–Trinajstić information content (AvgIpc) is 2.55. The van der Waals surface area contributed by atoms with Gasteiger partial charge in [0.15, 0.2) is 0 Å². The lowest BCUT2D eigenvalue weighted by molar-refractivity contribution is -0.135. The molecule has 60 valence electrons. The van der Waals surface area contributed by atoms with Crippen molar-refractivity contribution in [2.45, 2.75) is 32.1 Å². The maximum Gasteiger partial charge on any atom is 0.314 e. The van der Waals surface area contributed by atoms with Crippen LogP contribution < -0.4 is 0 Å². The van der Waals surface area contributed by atoms with Crippen molar-refractivity contribution in [2.24, 2.45) is 5.92 Å². The average molecular weight is 152 g/mol. The minimum Gasteiger partial charge on any atom is -0.434 e. The molecule has 1 aliphatic heterocycles. The van der Waals surface area contributed by atoms with Gasteiger partial charge in [-0.2, -0.15) is 0 Å². The quantitative estimate of drug-likeness (QED) is 0.537. The van der Waals surface area contributed by atoms with Gasteiger partial charge in [0.2, 0.25) is 0 Å². The summed E-state index contributed by atoms with van der Waals surface area (Å²) in [6.07, 6.45) is 7.35. The minimum atomic E-state index is -0.0769. The lowest BCUT2D eigenvalue weighted by Crippen LogP contribution is -1.98. The summed E-state index contributed by atoms with van der Waals surface area (Å²) in [4.78, 5) is 10.7.